The number of rotatable bonds is 7. The molecule has 162 valence electrons. The molecule has 1 saturated carbocycles. The molecule has 10 nitrogen and oxygen atoms in total. The van der Waals surface area contributed by atoms with Crippen LogP contribution >= 0.6 is 11.8 Å². The van der Waals surface area contributed by atoms with Crippen LogP contribution in [-0.2, 0) is 19.6 Å². The quantitative estimate of drug-likeness (QED) is 0.627. The van der Waals surface area contributed by atoms with Crippen LogP contribution in [0.1, 0.15) is 31.4 Å². The highest BCUT2D eigenvalue weighted by molar-refractivity contribution is 8.00. The largest absolute Gasteiger partial charge is 0.379 e. The molecule has 12 heteroatoms. The topological polar surface area (TPSA) is 119 Å². The predicted octanol–water partition coefficient (Wildman–Crippen LogP) is 1.46. The number of carbonyl (C=O) groups is 1. The highest BCUT2D eigenvalue weighted by Crippen LogP contribution is 2.37. The van der Waals surface area contributed by atoms with Gasteiger partial charge >= 0.3 is 0 Å². The Bertz CT molecular complexity index is 1030. The van der Waals surface area contributed by atoms with Crippen molar-refractivity contribution in [2.45, 2.75) is 48.0 Å². The molecule has 30 heavy (non-hydrogen) atoms. The fraction of sp³-hybridized carbons (Fsp3) is 0.556. The summed E-state index contributed by atoms with van der Waals surface area (Å²) in [5.41, 5.74) is 1.07. The Labute approximate surface area is 179 Å². The van der Waals surface area contributed by atoms with E-state index >= 15 is 0 Å². The highest BCUT2D eigenvalue weighted by Gasteiger charge is 2.30. The number of aryl methyl sites for hydroxylation is 1. The van der Waals surface area contributed by atoms with Gasteiger partial charge in [0.1, 0.15) is 0 Å². The summed E-state index contributed by atoms with van der Waals surface area (Å²) in [5.74, 6) is -0.246. The average Bonchev–Trinajstić information content (AvgIpc) is 3.48. The lowest BCUT2D eigenvalue weighted by atomic mass is 10.2. The van der Waals surface area contributed by atoms with Gasteiger partial charge in [0.15, 0.2) is 0 Å². The predicted molar refractivity (Wildman–Crippen MR) is 111 cm³/mol. The molecular weight excluding hydrogens is 428 g/mol. The third-order valence-corrected chi connectivity index (χ3v) is 8.14. The monoisotopic (exact) mass is 452 g/mol. The van der Waals surface area contributed by atoms with Gasteiger partial charge in [0.25, 0.3) is 0 Å². The number of tetrazole rings is 1. The van der Waals surface area contributed by atoms with E-state index < -0.39 is 15.3 Å². The second-order valence-electron chi connectivity index (χ2n) is 7.38. The first-order chi connectivity index (χ1) is 14.4. The number of nitrogens with one attached hydrogen (secondary N) is 1. The van der Waals surface area contributed by atoms with Crippen LogP contribution in [0.2, 0.25) is 0 Å². The number of benzene rings is 1. The van der Waals surface area contributed by atoms with Crippen molar-refractivity contribution in [2.75, 3.05) is 31.6 Å². The Morgan fingerprint density at radius 3 is 2.73 bits per heavy atom. The van der Waals surface area contributed by atoms with Crippen molar-refractivity contribution < 1.29 is 17.9 Å². The minimum atomic E-state index is -3.65. The molecule has 0 spiro atoms. The van der Waals surface area contributed by atoms with Crippen molar-refractivity contribution in [3.05, 3.63) is 23.8 Å². The maximum absolute atomic E-state index is 13.0. The third-order valence-electron chi connectivity index (χ3n) is 5.05. The van der Waals surface area contributed by atoms with E-state index in [0.717, 1.165) is 12.8 Å². The molecule has 1 aliphatic heterocycles. The SMILES string of the molecule is Cc1ccc(NC(=O)[C@@H](C)Sc2nnnn2C2CC2)cc1S(=O)(=O)N1CCOCC1. The van der Waals surface area contributed by atoms with Gasteiger partial charge in [0, 0.05) is 18.8 Å². The van der Waals surface area contributed by atoms with Crippen LogP contribution in [0, 0.1) is 6.92 Å². The first-order valence-corrected chi connectivity index (χ1v) is 12.1. The molecule has 0 unspecified atom stereocenters. The number of morpholine rings is 1. The Morgan fingerprint density at radius 2 is 2.03 bits per heavy atom. The van der Waals surface area contributed by atoms with E-state index in [1.54, 1.807) is 30.7 Å². The van der Waals surface area contributed by atoms with Crippen molar-refractivity contribution in [1.29, 1.82) is 0 Å². The molecule has 1 aromatic carbocycles. The van der Waals surface area contributed by atoms with Gasteiger partial charge in [0.05, 0.1) is 29.4 Å². The summed E-state index contributed by atoms with van der Waals surface area (Å²) in [6.07, 6.45) is 2.09. The van der Waals surface area contributed by atoms with E-state index in [4.69, 9.17) is 4.74 Å². The summed E-state index contributed by atoms with van der Waals surface area (Å²) in [7, 11) is -3.65. The molecule has 2 heterocycles. The van der Waals surface area contributed by atoms with E-state index in [1.165, 1.54) is 22.1 Å². The second kappa shape index (κ2) is 8.61. The van der Waals surface area contributed by atoms with Gasteiger partial charge in [-0.25, -0.2) is 13.1 Å². The van der Waals surface area contributed by atoms with Gasteiger partial charge < -0.3 is 10.1 Å². The van der Waals surface area contributed by atoms with Crippen molar-refractivity contribution in [1.82, 2.24) is 24.5 Å². The third kappa shape index (κ3) is 4.51. The van der Waals surface area contributed by atoms with Crippen LogP contribution in [-0.4, -0.2) is 70.4 Å². The summed E-state index contributed by atoms with van der Waals surface area (Å²) in [4.78, 5) is 12.9. The number of aromatic nitrogens is 4. The van der Waals surface area contributed by atoms with E-state index in [2.05, 4.69) is 20.8 Å². The Kier molecular flexibility index (Phi) is 6.09. The smallest absolute Gasteiger partial charge is 0.243 e. The Morgan fingerprint density at radius 1 is 1.30 bits per heavy atom. The summed E-state index contributed by atoms with van der Waals surface area (Å²) >= 11 is 1.28. The lowest BCUT2D eigenvalue weighted by Crippen LogP contribution is -2.40. The molecule has 4 rings (SSSR count). The Hall–Kier alpha value is -2.02. The van der Waals surface area contributed by atoms with Gasteiger partial charge in [-0.3, -0.25) is 4.79 Å². The molecule has 2 fully saturated rings. The van der Waals surface area contributed by atoms with Crippen molar-refractivity contribution in [3.63, 3.8) is 0 Å². The van der Waals surface area contributed by atoms with E-state index in [1.807, 2.05) is 0 Å². The maximum Gasteiger partial charge on any atom is 0.243 e. The molecule has 2 aliphatic rings. The van der Waals surface area contributed by atoms with E-state index in [9.17, 15) is 13.2 Å². The average molecular weight is 453 g/mol. The summed E-state index contributed by atoms with van der Waals surface area (Å²) in [5, 5.41) is 14.7. The Balaban J connectivity index is 1.47. The fourth-order valence-corrected chi connectivity index (χ4v) is 5.67. The fourth-order valence-electron chi connectivity index (χ4n) is 3.15. The lowest BCUT2D eigenvalue weighted by molar-refractivity contribution is -0.115. The molecule has 1 N–H and O–H groups in total. The minimum Gasteiger partial charge on any atom is -0.379 e. The molecule has 1 amide bonds. The number of hydrogen-bond acceptors (Lipinski definition) is 8. The normalized spacial score (nSPS) is 18.9. The number of anilines is 1. The standard InChI is InChI=1S/C18H24N6O4S2/c1-12-3-4-14(11-16(12)30(26,27)23-7-9-28-10-8-23)19-17(25)13(2)29-18-20-21-22-24(18)15-5-6-15/h3-4,11,13,15H,5-10H2,1-2H3,(H,19,25)/t13-/m1/s1. The highest BCUT2D eigenvalue weighted by atomic mass is 32.2. The number of sulfonamides is 1. The molecule has 1 aromatic heterocycles. The zero-order chi connectivity index (χ0) is 21.3. The second-order valence-corrected chi connectivity index (χ2v) is 10.6. The van der Waals surface area contributed by atoms with E-state index in [0.29, 0.717) is 48.8 Å². The molecule has 1 saturated heterocycles. The van der Waals surface area contributed by atoms with Crippen LogP contribution in [0.5, 0.6) is 0 Å². The van der Waals surface area contributed by atoms with Crippen molar-refractivity contribution >= 4 is 33.4 Å². The van der Waals surface area contributed by atoms with Gasteiger partial charge in [-0.2, -0.15) is 4.31 Å². The number of hydrogen-bond donors (Lipinski definition) is 1. The van der Waals surface area contributed by atoms with Crippen molar-refractivity contribution in [3.8, 4) is 0 Å². The van der Waals surface area contributed by atoms with Gasteiger partial charge in [0.2, 0.25) is 21.1 Å². The number of amides is 1. The number of thioether (sulfide) groups is 1. The van der Waals surface area contributed by atoms with Crippen LogP contribution in [0.3, 0.4) is 0 Å². The zero-order valence-electron chi connectivity index (χ0n) is 16.8. The summed E-state index contributed by atoms with van der Waals surface area (Å²) in [6.45, 7) is 4.91. The van der Waals surface area contributed by atoms with Crippen molar-refractivity contribution in [2.24, 2.45) is 0 Å². The molecule has 1 aliphatic carbocycles. The summed E-state index contributed by atoms with van der Waals surface area (Å²) in [6, 6.07) is 5.25. The van der Waals surface area contributed by atoms with E-state index in [-0.39, 0.29) is 10.8 Å². The number of carbonyl (C=O) groups excluding carboxylic acids is 1. The zero-order valence-corrected chi connectivity index (χ0v) is 18.4. The first kappa shape index (κ1) is 21.2. The van der Waals surface area contributed by atoms with Crippen LogP contribution in [0.15, 0.2) is 28.3 Å². The maximum atomic E-state index is 13.0. The molecule has 1 atom stereocenters. The first-order valence-electron chi connectivity index (χ1n) is 9.80. The lowest BCUT2D eigenvalue weighted by Gasteiger charge is -2.27. The van der Waals surface area contributed by atoms with Gasteiger partial charge in [-0.05, 0) is 54.8 Å². The molecular formula is C18H24N6O4S2. The van der Waals surface area contributed by atoms with Crippen LogP contribution < -0.4 is 5.32 Å². The molecule has 2 aromatic rings. The number of ether oxygens (including phenoxy) is 1. The van der Waals surface area contributed by atoms with Crippen LogP contribution in [0.4, 0.5) is 5.69 Å². The van der Waals surface area contributed by atoms with Gasteiger partial charge in [-0.1, -0.05) is 17.8 Å². The summed E-state index contributed by atoms with van der Waals surface area (Å²) < 4.78 is 34.5. The number of nitrogens with zero attached hydrogens (tertiary/aromatic N) is 5. The minimum absolute atomic E-state index is 0.195. The molecule has 0 radical (unpaired) electrons. The van der Waals surface area contributed by atoms with Gasteiger partial charge in [-0.15, -0.1) is 5.10 Å². The molecule has 0 bridgehead atoms. The van der Waals surface area contributed by atoms with Crippen LogP contribution in [0.25, 0.3) is 0 Å².